The van der Waals surface area contributed by atoms with E-state index in [-0.39, 0.29) is 12.5 Å². The van der Waals surface area contributed by atoms with Crippen molar-refractivity contribution in [2.24, 2.45) is 0 Å². The molecule has 0 aliphatic carbocycles. The molecule has 6 nitrogen and oxygen atoms in total. The van der Waals surface area contributed by atoms with Crippen molar-refractivity contribution in [3.63, 3.8) is 0 Å². The van der Waals surface area contributed by atoms with Crippen molar-refractivity contribution in [3.05, 3.63) is 107 Å². The lowest BCUT2D eigenvalue weighted by Crippen LogP contribution is -2.08. The molecule has 0 unspecified atom stereocenters. The number of hydrogen-bond acceptors (Lipinski definition) is 4. The van der Waals surface area contributed by atoms with E-state index in [0.29, 0.717) is 33.7 Å². The summed E-state index contributed by atoms with van der Waals surface area (Å²) in [6.07, 6.45) is 0.167. The number of aliphatic hydroxyl groups excluding tert-OH is 1. The van der Waals surface area contributed by atoms with Gasteiger partial charge in [0.15, 0.2) is 0 Å². The van der Waals surface area contributed by atoms with Crippen molar-refractivity contribution in [2.45, 2.75) is 12.8 Å². The molecule has 0 aliphatic rings. The second kappa shape index (κ2) is 10.7. The highest BCUT2D eigenvalue weighted by molar-refractivity contribution is 6.00. The lowest BCUT2D eigenvalue weighted by molar-refractivity contribution is -0.137. The van der Waals surface area contributed by atoms with E-state index in [1.807, 2.05) is 43.3 Å². The summed E-state index contributed by atoms with van der Waals surface area (Å²) in [5, 5.41) is 12.0. The first kappa shape index (κ1) is 25.7. The summed E-state index contributed by atoms with van der Waals surface area (Å²) >= 11 is 0. The number of benzene rings is 3. The van der Waals surface area contributed by atoms with Gasteiger partial charge in [0.2, 0.25) is 5.91 Å². The Hall–Kier alpha value is -4.37. The molecule has 37 heavy (non-hydrogen) atoms. The van der Waals surface area contributed by atoms with E-state index in [1.54, 1.807) is 30.4 Å². The summed E-state index contributed by atoms with van der Waals surface area (Å²) in [7, 11) is 3.83. The molecule has 190 valence electrons. The fourth-order valence-electron chi connectivity index (χ4n) is 3.77. The number of H-pyrrole nitrogens is 1. The Morgan fingerprint density at radius 1 is 1.03 bits per heavy atom. The van der Waals surface area contributed by atoms with E-state index in [9.17, 15) is 23.1 Å². The Bertz CT molecular complexity index is 1450. The predicted molar refractivity (Wildman–Crippen MR) is 139 cm³/mol. The first-order valence-electron chi connectivity index (χ1n) is 11.4. The molecule has 9 heteroatoms. The van der Waals surface area contributed by atoms with Crippen LogP contribution in [0, 0.1) is 0 Å². The molecular weight excluding hydrogens is 481 g/mol. The number of imidazole rings is 1. The minimum atomic E-state index is -4.42. The Morgan fingerprint density at radius 3 is 2.27 bits per heavy atom. The maximum atomic E-state index is 13.0. The largest absolute Gasteiger partial charge is 0.416 e. The molecule has 0 radical (unpaired) electrons. The number of aliphatic hydroxyl groups is 1. The van der Waals surface area contributed by atoms with Crippen molar-refractivity contribution in [1.29, 1.82) is 0 Å². The average Bonchev–Trinajstić information content (AvgIpc) is 3.29. The molecule has 0 aliphatic heterocycles. The van der Waals surface area contributed by atoms with Crippen molar-refractivity contribution in [3.8, 4) is 0 Å². The quantitative estimate of drug-likeness (QED) is 0.220. The maximum absolute atomic E-state index is 13.0. The third-order valence-electron chi connectivity index (χ3n) is 5.68. The number of halogens is 3. The van der Waals surface area contributed by atoms with Gasteiger partial charge < -0.3 is 20.3 Å². The number of nitrogens with zero attached hydrogens (tertiary/aromatic N) is 2. The second-order valence-electron chi connectivity index (χ2n) is 8.52. The van der Waals surface area contributed by atoms with Crippen molar-refractivity contribution < 1.29 is 23.1 Å². The zero-order valence-corrected chi connectivity index (χ0v) is 20.2. The number of rotatable bonds is 7. The molecule has 0 saturated heterocycles. The zero-order chi connectivity index (χ0) is 26.6. The van der Waals surface area contributed by atoms with Crippen LogP contribution >= 0.6 is 0 Å². The van der Waals surface area contributed by atoms with Crippen molar-refractivity contribution >= 4 is 33.9 Å². The van der Waals surface area contributed by atoms with Gasteiger partial charge in [0.05, 0.1) is 16.6 Å². The highest BCUT2D eigenvalue weighted by Crippen LogP contribution is 2.32. The molecule has 0 saturated carbocycles. The topological polar surface area (TPSA) is 81.2 Å². The SMILES string of the molecule is CN(C)c1ccc(C(=CC=CC(=O)Nc2ccc3nc(CO)[nH]c3c2)c2ccc(C(F)(F)F)cc2)cc1. The molecule has 4 rings (SSSR count). The molecule has 3 N–H and O–H groups in total. The van der Waals surface area contributed by atoms with Crippen molar-refractivity contribution in [1.82, 2.24) is 9.97 Å². The van der Waals surface area contributed by atoms with Crippen LogP contribution < -0.4 is 10.2 Å². The van der Waals surface area contributed by atoms with Gasteiger partial charge in [0.25, 0.3) is 0 Å². The summed E-state index contributed by atoms with van der Waals surface area (Å²) in [6.45, 7) is -0.218. The third-order valence-corrected chi connectivity index (χ3v) is 5.68. The number of carbonyl (C=O) groups excluding carboxylic acids is 1. The summed E-state index contributed by atoms with van der Waals surface area (Å²) < 4.78 is 39.1. The van der Waals surface area contributed by atoms with E-state index in [2.05, 4.69) is 15.3 Å². The van der Waals surface area contributed by atoms with Crippen LogP contribution in [0.4, 0.5) is 24.5 Å². The Labute approximate surface area is 211 Å². The van der Waals surface area contributed by atoms with Gasteiger partial charge in [-0.05, 0) is 59.2 Å². The fourth-order valence-corrected chi connectivity index (χ4v) is 3.77. The number of carbonyl (C=O) groups is 1. The molecule has 0 atom stereocenters. The smallest absolute Gasteiger partial charge is 0.388 e. The number of anilines is 2. The first-order valence-corrected chi connectivity index (χ1v) is 11.4. The van der Waals surface area contributed by atoms with Crippen LogP contribution in [0.15, 0.2) is 85.0 Å². The standard InChI is InChI=1S/C28H25F3N4O2/c1-35(2)22-13-8-19(9-14-22)23(18-6-10-20(11-7-18)28(29,30)31)4-3-5-27(37)32-21-12-15-24-25(16-21)34-26(17-36)33-24/h3-16,36H,17H2,1-2H3,(H,32,37)(H,33,34). The van der Waals surface area contributed by atoms with Gasteiger partial charge >= 0.3 is 6.18 Å². The number of hydrogen-bond donors (Lipinski definition) is 3. The van der Waals surface area contributed by atoms with E-state index >= 15 is 0 Å². The lowest BCUT2D eigenvalue weighted by Gasteiger charge is -2.14. The van der Waals surface area contributed by atoms with Crippen LogP contribution in [-0.4, -0.2) is 35.1 Å². The van der Waals surface area contributed by atoms with E-state index in [1.165, 1.54) is 18.2 Å². The highest BCUT2D eigenvalue weighted by Gasteiger charge is 2.30. The third kappa shape index (κ3) is 6.25. The van der Waals surface area contributed by atoms with Crippen LogP contribution in [0.1, 0.15) is 22.5 Å². The average molecular weight is 507 g/mol. The summed E-state index contributed by atoms with van der Waals surface area (Å²) in [5.41, 5.74) is 4.18. The minimum absolute atomic E-state index is 0.218. The lowest BCUT2D eigenvalue weighted by atomic mass is 9.96. The van der Waals surface area contributed by atoms with Gasteiger partial charge in [-0.3, -0.25) is 4.79 Å². The number of aromatic amines is 1. The highest BCUT2D eigenvalue weighted by atomic mass is 19.4. The van der Waals surface area contributed by atoms with Crippen LogP contribution in [0.2, 0.25) is 0 Å². The molecular formula is C28H25F3N4O2. The summed E-state index contributed by atoms with van der Waals surface area (Å²) in [5.74, 6) is 0.0464. The Morgan fingerprint density at radius 2 is 1.68 bits per heavy atom. The molecule has 3 aromatic carbocycles. The molecule has 0 bridgehead atoms. The molecule has 1 heterocycles. The molecule has 0 fully saturated rings. The van der Waals surface area contributed by atoms with Crippen LogP contribution in [0.25, 0.3) is 16.6 Å². The van der Waals surface area contributed by atoms with Gasteiger partial charge in [-0.25, -0.2) is 4.98 Å². The number of aromatic nitrogens is 2. The maximum Gasteiger partial charge on any atom is 0.416 e. The second-order valence-corrected chi connectivity index (χ2v) is 8.52. The zero-order valence-electron chi connectivity index (χ0n) is 20.2. The Balaban J connectivity index is 1.58. The van der Waals surface area contributed by atoms with Gasteiger partial charge in [-0.1, -0.05) is 36.4 Å². The molecule has 1 aromatic heterocycles. The monoisotopic (exact) mass is 506 g/mol. The predicted octanol–water partition coefficient (Wildman–Crippen LogP) is 5.77. The van der Waals surface area contributed by atoms with Gasteiger partial charge in [0.1, 0.15) is 12.4 Å². The molecule has 0 spiro atoms. The normalized spacial score (nSPS) is 12.3. The number of fused-ring (bicyclic) bond motifs is 1. The summed E-state index contributed by atoms with van der Waals surface area (Å²) in [4.78, 5) is 21.6. The summed E-state index contributed by atoms with van der Waals surface area (Å²) in [6, 6.07) is 17.7. The number of amides is 1. The van der Waals surface area contributed by atoms with Crippen LogP contribution in [-0.2, 0) is 17.6 Å². The van der Waals surface area contributed by atoms with Gasteiger partial charge in [-0.15, -0.1) is 0 Å². The first-order chi connectivity index (χ1) is 17.6. The van der Waals surface area contributed by atoms with Crippen LogP contribution in [0.5, 0.6) is 0 Å². The van der Waals surface area contributed by atoms with Gasteiger partial charge in [0, 0.05) is 31.5 Å². The Kier molecular flexibility index (Phi) is 7.45. The minimum Gasteiger partial charge on any atom is -0.388 e. The van der Waals surface area contributed by atoms with Crippen molar-refractivity contribution in [2.75, 3.05) is 24.3 Å². The number of alkyl halides is 3. The van der Waals surface area contributed by atoms with E-state index < -0.39 is 11.7 Å². The van der Waals surface area contributed by atoms with E-state index in [4.69, 9.17) is 0 Å². The van der Waals surface area contributed by atoms with Crippen LogP contribution in [0.3, 0.4) is 0 Å². The van der Waals surface area contributed by atoms with E-state index in [0.717, 1.165) is 23.4 Å². The number of nitrogens with one attached hydrogen (secondary N) is 2. The molecule has 1 amide bonds. The number of allylic oxidation sites excluding steroid dienone is 2. The fraction of sp³-hybridized carbons (Fsp3) is 0.143. The molecule has 4 aromatic rings. The van der Waals surface area contributed by atoms with Gasteiger partial charge in [-0.2, -0.15) is 13.2 Å².